The molecular weight excluding hydrogens is 253 g/mol. The monoisotopic (exact) mass is 267 g/mol. The normalized spacial score (nSPS) is 18.9. The molecule has 0 radical (unpaired) electrons. The van der Waals surface area contributed by atoms with Gasteiger partial charge in [-0.05, 0) is 25.5 Å². The summed E-state index contributed by atoms with van der Waals surface area (Å²) in [6.45, 7) is 1.46. The van der Waals surface area contributed by atoms with Crippen LogP contribution in [-0.2, 0) is 4.79 Å². The second-order valence-electron chi connectivity index (χ2n) is 4.49. The van der Waals surface area contributed by atoms with Crippen molar-refractivity contribution in [2.45, 2.75) is 12.8 Å². The van der Waals surface area contributed by atoms with E-state index in [-0.39, 0.29) is 23.2 Å². The van der Waals surface area contributed by atoms with Gasteiger partial charge in [-0.15, -0.1) is 0 Å². The average molecular weight is 267 g/mol. The Morgan fingerprint density at radius 3 is 2.89 bits per heavy atom. The van der Waals surface area contributed by atoms with Crippen molar-refractivity contribution >= 4 is 17.3 Å². The lowest BCUT2D eigenvalue weighted by atomic mass is 9.99. The van der Waals surface area contributed by atoms with Gasteiger partial charge in [-0.3, -0.25) is 14.9 Å². The molecule has 1 fully saturated rings. The number of amides is 1. The summed E-state index contributed by atoms with van der Waals surface area (Å²) in [6.07, 6.45) is 1.66. The Balaban J connectivity index is 2.09. The molecule has 1 atom stereocenters. The summed E-state index contributed by atoms with van der Waals surface area (Å²) in [5.74, 6) is -1.17. The molecule has 6 nitrogen and oxygen atoms in total. The molecule has 2 N–H and O–H groups in total. The lowest BCUT2D eigenvalue weighted by Crippen LogP contribution is -2.37. The Bertz CT molecular complexity index is 501. The van der Waals surface area contributed by atoms with E-state index in [2.05, 4.69) is 10.6 Å². The van der Waals surface area contributed by atoms with Crippen LogP contribution >= 0.6 is 0 Å². The summed E-state index contributed by atoms with van der Waals surface area (Å²) in [4.78, 5) is 21.8. The Kier molecular flexibility index (Phi) is 4.06. The van der Waals surface area contributed by atoms with Crippen molar-refractivity contribution in [1.29, 1.82) is 0 Å². The number of hydrogen-bond donors (Lipinski definition) is 2. The maximum absolute atomic E-state index is 13.2. The quantitative estimate of drug-likeness (QED) is 0.644. The van der Waals surface area contributed by atoms with Gasteiger partial charge in [-0.1, -0.05) is 0 Å². The van der Waals surface area contributed by atoms with Crippen molar-refractivity contribution in [2.75, 3.05) is 18.4 Å². The molecule has 0 aromatic heterocycles. The first-order chi connectivity index (χ1) is 9.06. The number of nitro benzene ring substituents is 1. The van der Waals surface area contributed by atoms with Gasteiger partial charge in [0.2, 0.25) is 5.91 Å². The van der Waals surface area contributed by atoms with Gasteiger partial charge in [-0.2, -0.15) is 0 Å². The number of halogens is 1. The van der Waals surface area contributed by atoms with Crippen LogP contribution in [0.15, 0.2) is 18.2 Å². The number of piperidine rings is 1. The van der Waals surface area contributed by atoms with Crippen LogP contribution < -0.4 is 10.6 Å². The standard InChI is InChI=1S/C12H14FN3O3/c13-9-4-10(6-11(5-9)16(18)19)15-12(17)8-2-1-3-14-7-8/h4-6,8,14H,1-3,7H2,(H,15,17)/t8-/m1/s1. The lowest BCUT2D eigenvalue weighted by molar-refractivity contribution is -0.385. The molecule has 1 aliphatic rings. The maximum Gasteiger partial charge on any atom is 0.274 e. The number of nitrogens with one attached hydrogen (secondary N) is 2. The average Bonchev–Trinajstić information content (AvgIpc) is 2.39. The van der Waals surface area contributed by atoms with Crippen LogP contribution in [0.1, 0.15) is 12.8 Å². The fourth-order valence-corrected chi connectivity index (χ4v) is 2.07. The highest BCUT2D eigenvalue weighted by molar-refractivity contribution is 5.93. The Morgan fingerprint density at radius 1 is 1.47 bits per heavy atom. The number of nitro groups is 1. The van der Waals surface area contributed by atoms with Gasteiger partial charge in [0.1, 0.15) is 5.82 Å². The van der Waals surface area contributed by atoms with Gasteiger partial charge in [0.05, 0.1) is 22.6 Å². The second-order valence-corrected chi connectivity index (χ2v) is 4.49. The fraction of sp³-hybridized carbons (Fsp3) is 0.417. The van der Waals surface area contributed by atoms with Gasteiger partial charge < -0.3 is 10.6 Å². The number of rotatable bonds is 3. The van der Waals surface area contributed by atoms with Crippen LogP contribution in [-0.4, -0.2) is 23.9 Å². The number of non-ortho nitro benzene ring substituents is 1. The minimum Gasteiger partial charge on any atom is -0.325 e. The Morgan fingerprint density at radius 2 is 2.26 bits per heavy atom. The van der Waals surface area contributed by atoms with Crippen molar-refractivity contribution in [3.8, 4) is 0 Å². The SMILES string of the molecule is O=C(Nc1cc(F)cc([N+](=O)[O-])c1)[C@@H]1CCCNC1. The van der Waals surface area contributed by atoms with E-state index in [9.17, 15) is 19.3 Å². The number of carbonyl (C=O) groups excluding carboxylic acids is 1. The molecule has 1 amide bonds. The van der Waals surface area contributed by atoms with E-state index in [1.54, 1.807) is 0 Å². The Labute approximate surface area is 109 Å². The molecule has 1 heterocycles. The zero-order valence-corrected chi connectivity index (χ0v) is 10.2. The molecule has 1 aliphatic heterocycles. The van der Waals surface area contributed by atoms with Crippen LogP contribution in [0.4, 0.5) is 15.8 Å². The molecule has 1 aromatic carbocycles. The highest BCUT2D eigenvalue weighted by Crippen LogP contribution is 2.21. The van der Waals surface area contributed by atoms with Crippen LogP contribution in [0.2, 0.25) is 0 Å². The van der Waals surface area contributed by atoms with Gasteiger partial charge in [0, 0.05) is 12.6 Å². The zero-order chi connectivity index (χ0) is 13.8. The predicted octanol–water partition coefficient (Wildman–Crippen LogP) is 1.67. The third-order valence-electron chi connectivity index (χ3n) is 3.03. The molecule has 1 aromatic rings. The Hall–Kier alpha value is -2.02. The van der Waals surface area contributed by atoms with Gasteiger partial charge >= 0.3 is 0 Å². The molecule has 1 saturated heterocycles. The summed E-state index contributed by atoms with van der Waals surface area (Å²) in [6, 6.07) is 3.04. The lowest BCUT2D eigenvalue weighted by Gasteiger charge is -2.21. The van der Waals surface area contributed by atoms with Crippen molar-refractivity contribution in [3.63, 3.8) is 0 Å². The summed E-state index contributed by atoms with van der Waals surface area (Å²) in [5.41, 5.74) is -0.264. The third kappa shape index (κ3) is 3.47. The maximum atomic E-state index is 13.2. The van der Waals surface area contributed by atoms with Crippen molar-refractivity contribution in [3.05, 3.63) is 34.1 Å². The van der Waals surface area contributed by atoms with E-state index in [4.69, 9.17) is 0 Å². The predicted molar refractivity (Wildman–Crippen MR) is 67.3 cm³/mol. The highest BCUT2D eigenvalue weighted by Gasteiger charge is 2.21. The number of benzene rings is 1. The largest absolute Gasteiger partial charge is 0.325 e. The number of carbonyl (C=O) groups is 1. The van der Waals surface area contributed by atoms with Crippen LogP contribution in [0, 0.1) is 21.8 Å². The van der Waals surface area contributed by atoms with Gasteiger partial charge in [0.15, 0.2) is 0 Å². The van der Waals surface area contributed by atoms with E-state index in [0.717, 1.165) is 37.6 Å². The van der Waals surface area contributed by atoms with Gasteiger partial charge in [0.25, 0.3) is 5.69 Å². The molecule has 0 unspecified atom stereocenters. The summed E-state index contributed by atoms with van der Waals surface area (Å²) >= 11 is 0. The van der Waals surface area contributed by atoms with Gasteiger partial charge in [-0.25, -0.2) is 4.39 Å². The summed E-state index contributed by atoms with van der Waals surface area (Å²) in [5, 5.41) is 16.2. The third-order valence-corrected chi connectivity index (χ3v) is 3.03. The zero-order valence-electron chi connectivity index (χ0n) is 10.2. The van der Waals surface area contributed by atoms with E-state index >= 15 is 0 Å². The first-order valence-electron chi connectivity index (χ1n) is 6.03. The first-order valence-corrected chi connectivity index (χ1v) is 6.03. The fourth-order valence-electron chi connectivity index (χ4n) is 2.07. The van der Waals surface area contributed by atoms with Crippen molar-refractivity contribution in [1.82, 2.24) is 5.32 Å². The topological polar surface area (TPSA) is 84.3 Å². The second kappa shape index (κ2) is 5.75. The summed E-state index contributed by atoms with van der Waals surface area (Å²) in [7, 11) is 0. The molecule has 7 heteroatoms. The molecule has 19 heavy (non-hydrogen) atoms. The van der Waals surface area contributed by atoms with Crippen molar-refractivity contribution in [2.24, 2.45) is 5.92 Å². The van der Waals surface area contributed by atoms with E-state index in [1.165, 1.54) is 0 Å². The van der Waals surface area contributed by atoms with E-state index < -0.39 is 10.7 Å². The minimum atomic E-state index is -0.744. The smallest absolute Gasteiger partial charge is 0.274 e. The summed E-state index contributed by atoms with van der Waals surface area (Å²) < 4.78 is 13.2. The molecule has 0 aliphatic carbocycles. The number of nitrogens with zero attached hydrogens (tertiary/aromatic N) is 1. The van der Waals surface area contributed by atoms with Crippen LogP contribution in [0.5, 0.6) is 0 Å². The molecule has 0 bridgehead atoms. The number of hydrogen-bond acceptors (Lipinski definition) is 4. The highest BCUT2D eigenvalue weighted by atomic mass is 19.1. The van der Waals surface area contributed by atoms with Crippen molar-refractivity contribution < 1.29 is 14.1 Å². The molecular formula is C12H14FN3O3. The molecule has 102 valence electrons. The molecule has 2 rings (SSSR count). The van der Waals surface area contributed by atoms with Crippen LogP contribution in [0.25, 0.3) is 0 Å². The van der Waals surface area contributed by atoms with E-state index in [1.807, 2.05) is 0 Å². The van der Waals surface area contributed by atoms with Crippen LogP contribution in [0.3, 0.4) is 0 Å². The number of anilines is 1. The first kappa shape index (κ1) is 13.4. The van der Waals surface area contributed by atoms with E-state index in [0.29, 0.717) is 6.54 Å². The minimum absolute atomic E-state index is 0.113. The molecule has 0 spiro atoms. The molecule has 0 saturated carbocycles.